The second kappa shape index (κ2) is 4.16. The van der Waals surface area contributed by atoms with Gasteiger partial charge in [0.1, 0.15) is 0 Å². The maximum atomic E-state index is 12.1. The van der Waals surface area contributed by atoms with Crippen LogP contribution >= 0.6 is 12.2 Å². The van der Waals surface area contributed by atoms with Crippen LogP contribution < -0.4 is 5.56 Å². The van der Waals surface area contributed by atoms with Crippen molar-refractivity contribution in [2.75, 3.05) is 0 Å². The number of rotatable bonds is 1. The van der Waals surface area contributed by atoms with Crippen LogP contribution in [0, 0.1) is 4.77 Å². The monoisotopic (exact) mass is 265 g/mol. The fourth-order valence-electron chi connectivity index (χ4n) is 1.54. The lowest BCUT2D eigenvalue weighted by Crippen LogP contribution is -2.27. The normalized spacial score (nSPS) is 11.8. The first kappa shape index (κ1) is 12.7. The summed E-state index contributed by atoms with van der Waals surface area (Å²) in [5.41, 5.74) is 0.931. The molecule has 0 spiro atoms. The Morgan fingerprint density at radius 3 is 2.50 bits per heavy atom. The van der Waals surface area contributed by atoms with Gasteiger partial charge in [-0.25, -0.2) is 4.68 Å². The number of H-pyrrole nitrogens is 2. The van der Waals surface area contributed by atoms with Gasteiger partial charge in [0.05, 0.1) is 11.3 Å². The van der Waals surface area contributed by atoms with Crippen LogP contribution in [0.15, 0.2) is 10.9 Å². The molecular formula is C11H15N5OS. The van der Waals surface area contributed by atoms with Crippen molar-refractivity contribution in [3.63, 3.8) is 0 Å². The molecule has 2 rings (SSSR count). The highest BCUT2D eigenvalue weighted by molar-refractivity contribution is 7.71. The molecule has 0 amide bonds. The molecule has 2 aromatic heterocycles. The van der Waals surface area contributed by atoms with E-state index >= 15 is 0 Å². The molecule has 2 heterocycles. The van der Waals surface area contributed by atoms with Crippen molar-refractivity contribution in [1.29, 1.82) is 0 Å². The smallest absolute Gasteiger partial charge is 0.277 e. The number of aryl methyl sites for hydroxylation is 1. The van der Waals surface area contributed by atoms with E-state index in [1.165, 1.54) is 4.68 Å². The van der Waals surface area contributed by atoms with Crippen molar-refractivity contribution in [3.05, 3.63) is 26.9 Å². The molecule has 6 nitrogen and oxygen atoms in total. The molecule has 0 unspecified atom stereocenters. The van der Waals surface area contributed by atoms with E-state index in [9.17, 15) is 4.79 Å². The van der Waals surface area contributed by atoms with Gasteiger partial charge in [0.25, 0.3) is 5.56 Å². The third-order valence-electron chi connectivity index (χ3n) is 2.59. The van der Waals surface area contributed by atoms with Crippen LogP contribution in [0.4, 0.5) is 0 Å². The zero-order valence-electron chi connectivity index (χ0n) is 10.7. The summed E-state index contributed by atoms with van der Waals surface area (Å²) < 4.78 is 1.64. The Labute approximate surface area is 109 Å². The third-order valence-corrected chi connectivity index (χ3v) is 2.78. The van der Waals surface area contributed by atoms with Gasteiger partial charge in [0.2, 0.25) is 4.77 Å². The largest absolute Gasteiger partial charge is 0.281 e. The molecule has 2 aromatic rings. The van der Waals surface area contributed by atoms with Crippen molar-refractivity contribution < 1.29 is 0 Å². The third kappa shape index (κ3) is 2.26. The summed E-state index contributed by atoms with van der Waals surface area (Å²) in [4.78, 5) is 16.1. The predicted octanol–water partition coefficient (Wildman–Crippen LogP) is 1.53. The molecule has 0 aromatic carbocycles. The molecule has 0 aliphatic carbocycles. The van der Waals surface area contributed by atoms with E-state index in [1.807, 2.05) is 20.8 Å². The fourth-order valence-corrected chi connectivity index (χ4v) is 1.68. The standard InChI is InChI=1S/C11H15N5OS/c1-11(2,3)7-5-6(9(17)16(4)15-7)8-12-10(18)14-13-8/h5H,1-4H3,(H2,12,13,14,18). The number of nitrogens with one attached hydrogen (secondary N) is 2. The highest BCUT2D eigenvalue weighted by Crippen LogP contribution is 2.21. The van der Waals surface area contributed by atoms with E-state index in [-0.39, 0.29) is 11.0 Å². The summed E-state index contributed by atoms with van der Waals surface area (Å²) in [6, 6.07) is 1.75. The van der Waals surface area contributed by atoms with Crippen molar-refractivity contribution in [3.8, 4) is 11.4 Å². The second-order valence-electron chi connectivity index (χ2n) is 5.14. The molecule has 0 aliphatic heterocycles. The average molecular weight is 265 g/mol. The highest BCUT2D eigenvalue weighted by Gasteiger charge is 2.20. The molecule has 0 atom stereocenters. The molecule has 0 aliphatic rings. The van der Waals surface area contributed by atoms with E-state index in [1.54, 1.807) is 13.1 Å². The van der Waals surface area contributed by atoms with Crippen LogP contribution in [0.5, 0.6) is 0 Å². The molecule has 0 bridgehead atoms. The molecule has 0 saturated heterocycles. The van der Waals surface area contributed by atoms with Gasteiger partial charge >= 0.3 is 0 Å². The van der Waals surface area contributed by atoms with Crippen molar-refractivity contribution in [2.24, 2.45) is 7.05 Å². The van der Waals surface area contributed by atoms with Crippen LogP contribution in [-0.2, 0) is 12.5 Å². The summed E-state index contributed by atoms with van der Waals surface area (Å²) >= 11 is 4.89. The summed E-state index contributed by atoms with van der Waals surface area (Å²) in [5, 5.41) is 9.73. The number of aromatic amines is 2. The molecule has 96 valence electrons. The molecular weight excluding hydrogens is 250 g/mol. The van der Waals surface area contributed by atoms with E-state index < -0.39 is 0 Å². The van der Waals surface area contributed by atoms with Crippen LogP contribution in [0.1, 0.15) is 26.5 Å². The topological polar surface area (TPSA) is 79.4 Å². The fraction of sp³-hybridized carbons (Fsp3) is 0.455. The lowest BCUT2D eigenvalue weighted by molar-refractivity contribution is 0.531. The number of aromatic nitrogens is 5. The van der Waals surface area contributed by atoms with E-state index in [0.717, 1.165) is 5.69 Å². The molecule has 2 N–H and O–H groups in total. The van der Waals surface area contributed by atoms with Gasteiger partial charge in [0, 0.05) is 12.5 Å². The Balaban J connectivity index is 2.71. The van der Waals surface area contributed by atoms with Crippen LogP contribution in [0.3, 0.4) is 0 Å². The number of hydrogen-bond donors (Lipinski definition) is 2. The van der Waals surface area contributed by atoms with Gasteiger partial charge in [-0.15, -0.1) is 0 Å². The number of nitrogens with zero attached hydrogens (tertiary/aromatic N) is 3. The Bertz CT molecular complexity index is 688. The Hall–Kier alpha value is -1.76. The van der Waals surface area contributed by atoms with E-state index in [2.05, 4.69) is 20.3 Å². The summed E-state index contributed by atoms with van der Waals surface area (Å²) in [6.45, 7) is 6.11. The van der Waals surface area contributed by atoms with E-state index in [4.69, 9.17) is 12.2 Å². The molecule has 0 radical (unpaired) electrons. The van der Waals surface area contributed by atoms with Crippen molar-refractivity contribution in [2.45, 2.75) is 26.2 Å². The quantitative estimate of drug-likeness (QED) is 0.766. The van der Waals surface area contributed by atoms with Gasteiger partial charge in [0.15, 0.2) is 5.82 Å². The average Bonchev–Trinajstić information content (AvgIpc) is 2.67. The summed E-state index contributed by atoms with van der Waals surface area (Å²) in [6.07, 6.45) is 0. The molecule has 0 saturated carbocycles. The van der Waals surface area contributed by atoms with Crippen molar-refractivity contribution in [1.82, 2.24) is 25.0 Å². The minimum Gasteiger partial charge on any atom is -0.281 e. The molecule has 18 heavy (non-hydrogen) atoms. The summed E-state index contributed by atoms with van der Waals surface area (Å²) in [7, 11) is 1.63. The van der Waals surface area contributed by atoms with Gasteiger partial charge in [-0.3, -0.25) is 15.0 Å². The minimum atomic E-state index is -0.208. The minimum absolute atomic E-state index is 0.146. The molecule has 0 fully saturated rings. The van der Waals surface area contributed by atoms with E-state index in [0.29, 0.717) is 16.2 Å². The second-order valence-corrected chi connectivity index (χ2v) is 5.52. The Morgan fingerprint density at radius 1 is 1.33 bits per heavy atom. The maximum Gasteiger partial charge on any atom is 0.277 e. The predicted molar refractivity (Wildman–Crippen MR) is 70.9 cm³/mol. The SMILES string of the molecule is Cn1nc(C(C)(C)C)cc(-c2nc(=S)[nH][nH]2)c1=O. The number of hydrogen-bond acceptors (Lipinski definition) is 4. The zero-order chi connectivity index (χ0) is 13.5. The Kier molecular flexibility index (Phi) is 2.94. The van der Waals surface area contributed by atoms with Crippen molar-refractivity contribution >= 4 is 12.2 Å². The first-order valence-corrected chi connectivity index (χ1v) is 5.94. The lowest BCUT2D eigenvalue weighted by Gasteiger charge is -2.18. The van der Waals surface area contributed by atoms with Crippen LogP contribution in [0.2, 0.25) is 0 Å². The van der Waals surface area contributed by atoms with Gasteiger partial charge in [-0.1, -0.05) is 20.8 Å². The van der Waals surface area contributed by atoms with Gasteiger partial charge < -0.3 is 0 Å². The van der Waals surface area contributed by atoms with Gasteiger partial charge in [-0.05, 0) is 18.3 Å². The highest BCUT2D eigenvalue weighted by atomic mass is 32.1. The first-order valence-electron chi connectivity index (χ1n) is 5.53. The molecule has 7 heteroatoms. The summed E-state index contributed by atoms with van der Waals surface area (Å²) in [5.74, 6) is 0.438. The van der Waals surface area contributed by atoms with Gasteiger partial charge in [-0.2, -0.15) is 10.1 Å². The van der Waals surface area contributed by atoms with Crippen LogP contribution in [0.25, 0.3) is 11.4 Å². The Morgan fingerprint density at radius 2 is 2.00 bits per heavy atom. The maximum absolute atomic E-state index is 12.1. The zero-order valence-corrected chi connectivity index (χ0v) is 11.6. The van der Waals surface area contributed by atoms with Crippen LogP contribution in [-0.4, -0.2) is 25.0 Å². The first-order chi connectivity index (χ1) is 8.29. The lowest BCUT2D eigenvalue weighted by atomic mass is 9.91.